The average molecular weight is 290 g/mol. The van der Waals surface area contributed by atoms with Crippen LogP contribution in [0.5, 0.6) is 0 Å². The van der Waals surface area contributed by atoms with Crippen LogP contribution in [0.1, 0.15) is 51.9 Å². The van der Waals surface area contributed by atoms with E-state index in [4.69, 9.17) is 15.6 Å². The van der Waals surface area contributed by atoms with Crippen LogP contribution in [0.4, 0.5) is 0 Å². The van der Waals surface area contributed by atoms with Gasteiger partial charge in [0.1, 0.15) is 6.04 Å². The summed E-state index contributed by atoms with van der Waals surface area (Å²) in [4.78, 5) is 10.6. The summed E-state index contributed by atoms with van der Waals surface area (Å²) in [5.41, 5.74) is 5.60. The highest BCUT2D eigenvalue weighted by molar-refractivity contribution is 7.92. The first kappa shape index (κ1) is 16.4. The number of aliphatic carboxylic acids is 1. The van der Waals surface area contributed by atoms with E-state index in [1.54, 1.807) is 0 Å². The quantitative estimate of drug-likeness (QED) is 0.668. The molecule has 1 saturated carbocycles. The second-order valence-corrected chi connectivity index (χ2v) is 8.51. The second kappa shape index (κ2) is 6.70. The van der Waals surface area contributed by atoms with Crippen LogP contribution in [-0.2, 0) is 14.5 Å². The third kappa shape index (κ3) is 5.91. The first-order valence-corrected chi connectivity index (χ1v) is 8.86. The molecule has 1 aliphatic rings. The number of carbonyl (C=O) groups is 1. The first-order chi connectivity index (χ1) is 8.74. The van der Waals surface area contributed by atoms with Gasteiger partial charge in [-0.1, -0.05) is 26.2 Å². The Kier molecular flexibility index (Phi) is 5.80. The number of nitrogens with one attached hydrogen (secondary N) is 1. The SMILES string of the molecule is CC1(CCS(=N)(=O)CC[C@H](N)C(=O)O)CCCCC1. The molecule has 6 heteroatoms. The molecule has 4 N–H and O–H groups in total. The summed E-state index contributed by atoms with van der Waals surface area (Å²) in [7, 11) is -2.69. The van der Waals surface area contributed by atoms with Crippen molar-refractivity contribution in [3.63, 3.8) is 0 Å². The van der Waals surface area contributed by atoms with Gasteiger partial charge in [0, 0.05) is 21.2 Å². The molecule has 5 nitrogen and oxygen atoms in total. The molecule has 19 heavy (non-hydrogen) atoms. The highest BCUT2D eigenvalue weighted by atomic mass is 32.2. The van der Waals surface area contributed by atoms with Crippen molar-refractivity contribution in [1.82, 2.24) is 0 Å². The molecule has 0 aromatic rings. The van der Waals surface area contributed by atoms with Gasteiger partial charge in [0.05, 0.1) is 0 Å². The van der Waals surface area contributed by atoms with E-state index in [0.29, 0.717) is 5.75 Å². The normalized spacial score (nSPS) is 23.5. The van der Waals surface area contributed by atoms with Gasteiger partial charge in [0.2, 0.25) is 0 Å². The van der Waals surface area contributed by atoms with Gasteiger partial charge in [-0.3, -0.25) is 9.57 Å². The van der Waals surface area contributed by atoms with Crippen molar-refractivity contribution in [3.05, 3.63) is 0 Å². The Balaban J connectivity index is 2.40. The zero-order valence-corrected chi connectivity index (χ0v) is 12.5. The fourth-order valence-corrected chi connectivity index (χ4v) is 4.27. The first-order valence-electron chi connectivity index (χ1n) is 6.97. The van der Waals surface area contributed by atoms with E-state index < -0.39 is 21.7 Å². The average Bonchev–Trinajstić information content (AvgIpc) is 2.35. The van der Waals surface area contributed by atoms with Gasteiger partial charge in [-0.25, -0.2) is 4.21 Å². The Morgan fingerprint density at radius 2 is 1.95 bits per heavy atom. The second-order valence-electron chi connectivity index (χ2n) is 6.07. The van der Waals surface area contributed by atoms with Gasteiger partial charge in [-0.15, -0.1) is 0 Å². The topological polar surface area (TPSA) is 104 Å². The molecule has 0 heterocycles. The lowest BCUT2D eigenvalue weighted by Crippen LogP contribution is -2.33. The van der Waals surface area contributed by atoms with E-state index in [-0.39, 0.29) is 17.6 Å². The van der Waals surface area contributed by atoms with Crippen molar-refractivity contribution in [2.24, 2.45) is 11.1 Å². The third-order valence-electron chi connectivity index (χ3n) is 4.17. The Hall–Kier alpha value is -0.620. The molecule has 2 atom stereocenters. The summed E-state index contributed by atoms with van der Waals surface area (Å²) in [5.74, 6) is -0.624. The third-order valence-corrected chi connectivity index (χ3v) is 5.93. The van der Waals surface area contributed by atoms with Crippen molar-refractivity contribution in [1.29, 1.82) is 4.78 Å². The molecule has 1 rings (SSSR count). The summed E-state index contributed by atoms with van der Waals surface area (Å²) >= 11 is 0. The lowest BCUT2D eigenvalue weighted by molar-refractivity contribution is -0.138. The van der Waals surface area contributed by atoms with Crippen LogP contribution in [0.2, 0.25) is 0 Å². The van der Waals surface area contributed by atoms with Crippen LogP contribution in [0.25, 0.3) is 0 Å². The summed E-state index contributed by atoms with van der Waals surface area (Å²) in [6.07, 6.45) is 6.94. The molecule has 1 fully saturated rings. The van der Waals surface area contributed by atoms with Crippen LogP contribution in [0, 0.1) is 10.2 Å². The molecule has 0 aromatic heterocycles. The smallest absolute Gasteiger partial charge is 0.320 e. The van der Waals surface area contributed by atoms with Crippen molar-refractivity contribution >= 4 is 15.7 Å². The maximum atomic E-state index is 12.1. The molecule has 0 aromatic carbocycles. The van der Waals surface area contributed by atoms with Gasteiger partial charge >= 0.3 is 5.97 Å². The highest BCUT2D eigenvalue weighted by Gasteiger charge is 2.28. The fraction of sp³-hybridized carbons (Fsp3) is 0.923. The summed E-state index contributed by atoms with van der Waals surface area (Å²) in [5, 5.41) is 8.67. The maximum absolute atomic E-state index is 12.1. The van der Waals surface area contributed by atoms with Crippen LogP contribution in [-0.4, -0.2) is 32.8 Å². The van der Waals surface area contributed by atoms with Gasteiger partial charge in [-0.05, 0) is 31.1 Å². The number of hydrogen-bond acceptors (Lipinski definition) is 4. The molecule has 112 valence electrons. The molecular formula is C13H26N2O3S. The molecule has 0 saturated heterocycles. The number of carboxylic acids is 1. The van der Waals surface area contributed by atoms with E-state index in [9.17, 15) is 9.00 Å². The fourth-order valence-electron chi connectivity index (χ4n) is 2.61. The predicted molar refractivity (Wildman–Crippen MR) is 76.6 cm³/mol. The molecule has 1 unspecified atom stereocenters. The Labute approximate surface area is 115 Å². The molecule has 0 spiro atoms. The van der Waals surface area contributed by atoms with E-state index in [1.165, 1.54) is 19.3 Å². The molecule has 1 aliphatic carbocycles. The van der Waals surface area contributed by atoms with Gasteiger partial charge in [-0.2, -0.15) is 0 Å². The van der Waals surface area contributed by atoms with Gasteiger partial charge in [0.25, 0.3) is 0 Å². The highest BCUT2D eigenvalue weighted by Crippen LogP contribution is 2.38. The number of rotatable bonds is 7. The Morgan fingerprint density at radius 1 is 1.37 bits per heavy atom. The minimum atomic E-state index is -2.69. The minimum Gasteiger partial charge on any atom is -0.480 e. The molecule has 0 bridgehead atoms. The van der Waals surface area contributed by atoms with Crippen LogP contribution in [0.15, 0.2) is 0 Å². The zero-order chi connectivity index (χ0) is 14.5. The standard InChI is InChI=1S/C13H26N2O3S/c1-13(6-3-2-4-7-13)8-10-19(15,18)9-5-11(14)12(16)17/h11,15H,2-10,14H2,1H3,(H,16,17)/t11-,19?/m0/s1. The molecular weight excluding hydrogens is 264 g/mol. The molecule has 0 amide bonds. The Morgan fingerprint density at radius 3 is 2.47 bits per heavy atom. The van der Waals surface area contributed by atoms with Gasteiger partial charge in [0.15, 0.2) is 0 Å². The largest absolute Gasteiger partial charge is 0.480 e. The van der Waals surface area contributed by atoms with Crippen molar-refractivity contribution in [2.45, 2.75) is 57.9 Å². The monoisotopic (exact) mass is 290 g/mol. The number of carboxylic acid groups (broad SMARTS) is 1. The van der Waals surface area contributed by atoms with Crippen molar-refractivity contribution in [2.75, 3.05) is 11.5 Å². The van der Waals surface area contributed by atoms with E-state index >= 15 is 0 Å². The van der Waals surface area contributed by atoms with Crippen LogP contribution < -0.4 is 5.73 Å². The van der Waals surface area contributed by atoms with E-state index in [1.807, 2.05) is 0 Å². The van der Waals surface area contributed by atoms with Crippen LogP contribution in [0.3, 0.4) is 0 Å². The molecule has 0 aliphatic heterocycles. The zero-order valence-electron chi connectivity index (χ0n) is 11.7. The minimum absolute atomic E-state index is 0.0938. The van der Waals surface area contributed by atoms with Crippen LogP contribution >= 0.6 is 0 Å². The lowest BCUT2D eigenvalue weighted by atomic mass is 9.74. The summed E-state index contributed by atoms with van der Waals surface area (Å²) < 4.78 is 20.0. The molecule has 0 radical (unpaired) electrons. The number of hydrogen-bond donors (Lipinski definition) is 3. The van der Waals surface area contributed by atoms with Gasteiger partial charge < -0.3 is 10.8 Å². The van der Waals surface area contributed by atoms with E-state index in [2.05, 4.69) is 6.92 Å². The van der Waals surface area contributed by atoms with Crippen molar-refractivity contribution in [3.8, 4) is 0 Å². The lowest BCUT2D eigenvalue weighted by Gasteiger charge is -2.33. The Bertz CT molecular complexity index is 400. The predicted octanol–water partition coefficient (Wildman–Crippen LogP) is 2.20. The van der Waals surface area contributed by atoms with E-state index in [0.717, 1.165) is 19.3 Å². The summed E-state index contributed by atoms with van der Waals surface area (Å²) in [6, 6.07) is -1.00. The maximum Gasteiger partial charge on any atom is 0.320 e. The van der Waals surface area contributed by atoms with Crippen molar-refractivity contribution < 1.29 is 14.1 Å². The number of nitrogens with two attached hydrogens (primary N) is 1. The summed E-state index contributed by atoms with van der Waals surface area (Å²) in [6.45, 7) is 2.21.